The Labute approximate surface area is 297 Å². The highest BCUT2D eigenvalue weighted by Gasteiger charge is 2.22. The van der Waals surface area contributed by atoms with Crippen LogP contribution in [-0.2, 0) is 4.79 Å². The summed E-state index contributed by atoms with van der Waals surface area (Å²) in [6.45, 7) is 4.10. The molecule has 4 N–H and O–H groups in total. The van der Waals surface area contributed by atoms with Crippen LogP contribution in [0.1, 0.15) is 194 Å². The van der Waals surface area contributed by atoms with Gasteiger partial charge in [-0.3, -0.25) is 4.79 Å². The van der Waals surface area contributed by atoms with E-state index < -0.39 is 24.2 Å². The standard InChI is InChI=1S/C43H79NO4/c1-3-5-7-9-11-13-15-16-17-18-19-20-21-22-23-24-25-26-27-28-30-31-33-35-37-41(46)40(39-45)44-43(48)42(47)38-36-34-32-29-14-12-10-8-6-4-2/h10,12,24-25,28,30,35,37,40-42,45-47H,3-9,11,13-23,26-27,29,31-34,36,38-39H2,1-2H3,(H,44,48)/b12-10-,25-24+,30-28+,37-35+. The molecule has 280 valence electrons. The lowest BCUT2D eigenvalue weighted by molar-refractivity contribution is -0.131. The molecule has 0 radical (unpaired) electrons. The molecule has 0 rings (SSSR count). The van der Waals surface area contributed by atoms with E-state index in [0.29, 0.717) is 6.42 Å². The van der Waals surface area contributed by atoms with Crippen LogP contribution in [0.3, 0.4) is 0 Å². The Hall–Kier alpha value is -1.69. The van der Waals surface area contributed by atoms with E-state index in [9.17, 15) is 20.1 Å². The van der Waals surface area contributed by atoms with Crippen LogP contribution in [-0.4, -0.2) is 46.1 Å². The van der Waals surface area contributed by atoms with E-state index in [2.05, 4.69) is 55.6 Å². The maximum absolute atomic E-state index is 12.4. The number of hydrogen-bond acceptors (Lipinski definition) is 4. The molecule has 0 aromatic carbocycles. The molecule has 5 nitrogen and oxygen atoms in total. The molecule has 0 saturated carbocycles. The van der Waals surface area contributed by atoms with E-state index in [-0.39, 0.29) is 6.61 Å². The highest BCUT2D eigenvalue weighted by molar-refractivity contribution is 5.80. The summed E-state index contributed by atoms with van der Waals surface area (Å²) in [5.41, 5.74) is 0. The lowest BCUT2D eigenvalue weighted by Crippen LogP contribution is -2.48. The quantitative estimate of drug-likeness (QED) is 0.0393. The predicted octanol–water partition coefficient (Wildman–Crippen LogP) is 11.4. The number of allylic oxidation sites excluding steroid dienone is 7. The van der Waals surface area contributed by atoms with Gasteiger partial charge in [-0.25, -0.2) is 0 Å². The third kappa shape index (κ3) is 32.8. The number of hydrogen-bond donors (Lipinski definition) is 4. The van der Waals surface area contributed by atoms with Gasteiger partial charge in [-0.1, -0.05) is 178 Å². The molecule has 3 unspecified atom stereocenters. The summed E-state index contributed by atoms with van der Waals surface area (Å²) in [6.07, 6.45) is 48.7. The van der Waals surface area contributed by atoms with E-state index in [1.54, 1.807) is 6.08 Å². The maximum atomic E-state index is 12.4. The minimum absolute atomic E-state index is 0.386. The summed E-state index contributed by atoms with van der Waals surface area (Å²) < 4.78 is 0. The van der Waals surface area contributed by atoms with E-state index >= 15 is 0 Å². The second-order valence-electron chi connectivity index (χ2n) is 13.8. The Morgan fingerprint density at radius 2 is 0.875 bits per heavy atom. The highest BCUT2D eigenvalue weighted by Crippen LogP contribution is 2.14. The fraction of sp³-hybridized carbons (Fsp3) is 0.791. The number of aliphatic hydroxyl groups is 3. The van der Waals surface area contributed by atoms with Crippen molar-refractivity contribution in [2.75, 3.05) is 6.61 Å². The molecule has 0 spiro atoms. The Morgan fingerprint density at radius 3 is 1.33 bits per heavy atom. The SMILES string of the molecule is CCCC/C=C\CCCCCCC(O)C(=O)NC(CO)C(O)/C=C/CC/C=C/CC/C=C/CCCCCCCCCCCCCCCC. The first-order valence-electron chi connectivity index (χ1n) is 20.5. The summed E-state index contributed by atoms with van der Waals surface area (Å²) in [5.74, 6) is -0.531. The van der Waals surface area contributed by atoms with Crippen molar-refractivity contribution in [2.24, 2.45) is 0 Å². The first-order chi connectivity index (χ1) is 23.6. The Bertz CT molecular complexity index is 790. The molecule has 0 fully saturated rings. The smallest absolute Gasteiger partial charge is 0.249 e. The van der Waals surface area contributed by atoms with Gasteiger partial charge in [0.05, 0.1) is 18.8 Å². The van der Waals surface area contributed by atoms with Crippen molar-refractivity contribution in [1.29, 1.82) is 0 Å². The van der Waals surface area contributed by atoms with Crippen LogP contribution < -0.4 is 5.32 Å². The number of nitrogens with one attached hydrogen (secondary N) is 1. The molecule has 0 aliphatic carbocycles. The van der Waals surface area contributed by atoms with Gasteiger partial charge in [-0.05, 0) is 64.2 Å². The molecule has 48 heavy (non-hydrogen) atoms. The normalized spacial score (nSPS) is 14.2. The average Bonchev–Trinajstić information content (AvgIpc) is 3.09. The first kappa shape index (κ1) is 46.3. The molecule has 0 aliphatic rings. The highest BCUT2D eigenvalue weighted by atomic mass is 16.3. The van der Waals surface area contributed by atoms with Gasteiger partial charge in [0.15, 0.2) is 0 Å². The van der Waals surface area contributed by atoms with Crippen molar-refractivity contribution in [3.05, 3.63) is 48.6 Å². The van der Waals surface area contributed by atoms with Gasteiger partial charge < -0.3 is 20.6 Å². The number of amides is 1. The van der Waals surface area contributed by atoms with Crippen LogP contribution in [0.4, 0.5) is 0 Å². The Kier molecular flexibility index (Phi) is 36.8. The molecular weight excluding hydrogens is 594 g/mol. The molecule has 0 saturated heterocycles. The van der Waals surface area contributed by atoms with Gasteiger partial charge in [0, 0.05) is 0 Å². The molecule has 0 bridgehead atoms. The molecule has 1 amide bonds. The summed E-state index contributed by atoms with van der Waals surface area (Å²) in [7, 11) is 0. The molecule has 0 heterocycles. The lowest BCUT2D eigenvalue weighted by atomic mass is 10.0. The number of carbonyl (C=O) groups excluding carboxylic acids is 1. The van der Waals surface area contributed by atoms with Crippen LogP contribution in [0.25, 0.3) is 0 Å². The van der Waals surface area contributed by atoms with Gasteiger partial charge in [0.25, 0.3) is 0 Å². The minimum atomic E-state index is -1.12. The summed E-state index contributed by atoms with van der Waals surface area (Å²) in [5, 5.41) is 32.9. The van der Waals surface area contributed by atoms with E-state index in [1.807, 2.05) is 6.08 Å². The lowest BCUT2D eigenvalue weighted by Gasteiger charge is -2.21. The second kappa shape index (κ2) is 38.1. The second-order valence-corrected chi connectivity index (χ2v) is 13.8. The van der Waals surface area contributed by atoms with Gasteiger partial charge in [0.1, 0.15) is 6.10 Å². The fourth-order valence-electron chi connectivity index (χ4n) is 5.84. The van der Waals surface area contributed by atoms with Crippen molar-refractivity contribution in [1.82, 2.24) is 5.32 Å². The van der Waals surface area contributed by atoms with Crippen LogP contribution in [0.15, 0.2) is 48.6 Å². The molecule has 0 aromatic heterocycles. The van der Waals surface area contributed by atoms with Gasteiger partial charge in [0.2, 0.25) is 5.91 Å². The van der Waals surface area contributed by atoms with Crippen molar-refractivity contribution < 1.29 is 20.1 Å². The first-order valence-corrected chi connectivity index (χ1v) is 20.5. The Balaban J connectivity index is 3.75. The summed E-state index contributed by atoms with van der Waals surface area (Å²) in [6, 6.07) is -0.824. The zero-order valence-electron chi connectivity index (χ0n) is 31.6. The van der Waals surface area contributed by atoms with E-state index in [4.69, 9.17) is 0 Å². The van der Waals surface area contributed by atoms with Crippen molar-refractivity contribution in [3.8, 4) is 0 Å². The molecule has 0 aliphatic heterocycles. The van der Waals surface area contributed by atoms with E-state index in [1.165, 1.54) is 109 Å². The van der Waals surface area contributed by atoms with Gasteiger partial charge in [-0.15, -0.1) is 0 Å². The van der Waals surface area contributed by atoms with Crippen LogP contribution in [0.5, 0.6) is 0 Å². The zero-order valence-corrected chi connectivity index (χ0v) is 31.6. The Morgan fingerprint density at radius 1 is 0.500 bits per heavy atom. The molecule has 3 atom stereocenters. The maximum Gasteiger partial charge on any atom is 0.249 e. The predicted molar refractivity (Wildman–Crippen MR) is 208 cm³/mol. The average molecular weight is 674 g/mol. The molecule has 0 aromatic rings. The number of unbranched alkanes of at least 4 members (excludes halogenated alkanes) is 22. The number of aliphatic hydroxyl groups excluding tert-OH is 3. The largest absolute Gasteiger partial charge is 0.394 e. The monoisotopic (exact) mass is 674 g/mol. The molecule has 5 heteroatoms. The van der Waals surface area contributed by atoms with Gasteiger partial charge in [-0.2, -0.15) is 0 Å². The van der Waals surface area contributed by atoms with E-state index in [0.717, 1.165) is 64.2 Å². The van der Waals surface area contributed by atoms with Crippen LogP contribution >= 0.6 is 0 Å². The van der Waals surface area contributed by atoms with Crippen LogP contribution in [0, 0.1) is 0 Å². The number of carbonyl (C=O) groups is 1. The third-order valence-corrected chi connectivity index (χ3v) is 9.12. The third-order valence-electron chi connectivity index (χ3n) is 9.12. The fourth-order valence-corrected chi connectivity index (χ4v) is 5.84. The van der Waals surface area contributed by atoms with Crippen molar-refractivity contribution in [2.45, 2.75) is 212 Å². The topological polar surface area (TPSA) is 89.8 Å². The molecular formula is C43H79NO4. The summed E-state index contributed by atoms with van der Waals surface area (Å²) >= 11 is 0. The van der Waals surface area contributed by atoms with Crippen molar-refractivity contribution in [3.63, 3.8) is 0 Å². The van der Waals surface area contributed by atoms with Gasteiger partial charge >= 0.3 is 0 Å². The summed E-state index contributed by atoms with van der Waals surface area (Å²) in [4.78, 5) is 12.4. The number of rotatable bonds is 36. The van der Waals surface area contributed by atoms with Crippen LogP contribution in [0.2, 0.25) is 0 Å². The van der Waals surface area contributed by atoms with Crippen molar-refractivity contribution >= 4 is 5.91 Å². The zero-order chi connectivity index (χ0) is 35.2. The minimum Gasteiger partial charge on any atom is -0.394 e.